The highest BCUT2D eigenvalue weighted by molar-refractivity contribution is 5.16. The predicted octanol–water partition coefficient (Wildman–Crippen LogP) is 6.47. The summed E-state index contributed by atoms with van der Waals surface area (Å²) < 4.78 is 0. The van der Waals surface area contributed by atoms with Crippen LogP contribution in [0.3, 0.4) is 0 Å². The van der Waals surface area contributed by atoms with E-state index in [0.29, 0.717) is 12.1 Å². The molecule has 2 bridgehead atoms. The molecule has 0 spiro atoms. The zero-order valence-corrected chi connectivity index (χ0v) is 17.5. The van der Waals surface area contributed by atoms with Gasteiger partial charge in [0.25, 0.3) is 0 Å². The number of fused-ring (bicyclic) bond motifs is 2. The summed E-state index contributed by atoms with van der Waals surface area (Å²) >= 11 is 0. The Hall–Kier alpha value is -0.860. The summed E-state index contributed by atoms with van der Waals surface area (Å²) in [5, 5.41) is 11.2. The van der Waals surface area contributed by atoms with E-state index in [4.69, 9.17) is 0 Å². The van der Waals surface area contributed by atoms with Crippen molar-refractivity contribution in [2.45, 2.75) is 121 Å². The van der Waals surface area contributed by atoms with Crippen LogP contribution < -0.4 is 0 Å². The zero-order valence-electron chi connectivity index (χ0n) is 17.5. The molecule has 3 rings (SSSR count). The largest absolute Gasteiger partial charge is 0.390 e. The Bertz CT molecular complexity index is 514. The lowest BCUT2D eigenvalue weighted by Crippen LogP contribution is -2.50. The van der Waals surface area contributed by atoms with Gasteiger partial charge in [0.1, 0.15) is 0 Å². The van der Waals surface area contributed by atoms with Crippen LogP contribution in [0.1, 0.15) is 102 Å². The molecule has 2 aliphatic rings. The lowest BCUT2D eigenvalue weighted by Gasteiger charge is -2.44. The average molecular weight is 372 g/mol. The first-order valence-corrected chi connectivity index (χ1v) is 11.7. The molecule has 2 saturated heterocycles. The molecule has 2 nitrogen and oxygen atoms in total. The summed E-state index contributed by atoms with van der Waals surface area (Å²) in [4.78, 5) is 2.68. The van der Waals surface area contributed by atoms with Crippen LogP contribution in [0.15, 0.2) is 30.3 Å². The molecular weight excluding hydrogens is 330 g/mol. The first-order valence-electron chi connectivity index (χ1n) is 11.7. The smallest absolute Gasteiger partial charge is 0.0677 e. The summed E-state index contributed by atoms with van der Waals surface area (Å²) in [6, 6.07) is 12.0. The van der Waals surface area contributed by atoms with E-state index >= 15 is 0 Å². The third-order valence-corrected chi connectivity index (χ3v) is 6.96. The minimum Gasteiger partial charge on any atom is -0.390 e. The Kier molecular flexibility index (Phi) is 8.21. The van der Waals surface area contributed by atoms with Crippen molar-refractivity contribution in [3.05, 3.63) is 35.9 Å². The van der Waals surface area contributed by atoms with E-state index in [0.717, 1.165) is 25.8 Å². The molecule has 2 aliphatic heterocycles. The fourth-order valence-electron chi connectivity index (χ4n) is 5.44. The lowest BCUT2D eigenvalue weighted by molar-refractivity contribution is -0.0611. The molecule has 152 valence electrons. The van der Waals surface area contributed by atoms with E-state index in [9.17, 15) is 5.11 Å². The highest BCUT2D eigenvalue weighted by Crippen LogP contribution is 2.43. The third-order valence-electron chi connectivity index (χ3n) is 6.96. The maximum Gasteiger partial charge on any atom is 0.0677 e. The molecule has 0 radical (unpaired) electrons. The molecule has 1 aromatic rings. The van der Waals surface area contributed by atoms with E-state index in [1.165, 1.54) is 76.2 Å². The summed E-state index contributed by atoms with van der Waals surface area (Å²) in [7, 11) is 0. The summed E-state index contributed by atoms with van der Waals surface area (Å²) in [6.45, 7) is 3.34. The van der Waals surface area contributed by atoms with Crippen molar-refractivity contribution in [1.29, 1.82) is 0 Å². The van der Waals surface area contributed by atoms with Gasteiger partial charge < -0.3 is 5.11 Å². The molecule has 0 amide bonds. The monoisotopic (exact) mass is 371 g/mol. The fourth-order valence-corrected chi connectivity index (χ4v) is 5.44. The minimum absolute atomic E-state index is 0.389. The van der Waals surface area contributed by atoms with Crippen molar-refractivity contribution >= 4 is 0 Å². The number of hydrogen-bond donors (Lipinski definition) is 1. The molecule has 0 aliphatic carbocycles. The van der Waals surface area contributed by atoms with Gasteiger partial charge in [-0.1, -0.05) is 95.0 Å². The zero-order chi connectivity index (χ0) is 19.0. The minimum atomic E-state index is -0.389. The Labute approximate surface area is 167 Å². The van der Waals surface area contributed by atoms with Crippen LogP contribution in [0, 0.1) is 0 Å². The molecule has 27 heavy (non-hydrogen) atoms. The second-order valence-electron chi connectivity index (χ2n) is 9.25. The Balaban J connectivity index is 1.34. The second-order valence-corrected chi connectivity index (χ2v) is 9.25. The standard InChI is InChI=1S/C25H41NO/c1-2-3-4-5-6-7-8-9-13-18-25(27)19-23-16-17-24(20-25)26(23)21-22-14-11-10-12-15-22/h10-12,14-15,23-24,27H,2-9,13,16-21H2,1H3. The van der Waals surface area contributed by atoms with Crippen molar-refractivity contribution < 1.29 is 5.11 Å². The van der Waals surface area contributed by atoms with Crippen molar-refractivity contribution in [1.82, 2.24) is 4.90 Å². The highest BCUT2D eigenvalue weighted by atomic mass is 16.3. The lowest BCUT2D eigenvalue weighted by atomic mass is 9.82. The van der Waals surface area contributed by atoms with Gasteiger partial charge in [0.15, 0.2) is 0 Å². The van der Waals surface area contributed by atoms with E-state index in [2.05, 4.69) is 42.2 Å². The fraction of sp³-hybridized carbons (Fsp3) is 0.760. The van der Waals surface area contributed by atoms with Crippen molar-refractivity contribution in [3.8, 4) is 0 Å². The summed E-state index contributed by atoms with van der Waals surface area (Å²) in [5.74, 6) is 0. The number of unbranched alkanes of at least 4 members (excludes halogenated alkanes) is 8. The second kappa shape index (κ2) is 10.6. The molecule has 2 unspecified atom stereocenters. The van der Waals surface area contributed by atoms with Crippen LogP contribution >= 0.6 is 0 Å². The third kappa shape index (κ3) is 6.32. The normalized spacial score (nSPS) is 27.9. The topological polar surface area (TPSA) is 23.5 Å². The molecule has 1 aromatic carbocycles. The predicted molar refractivity (Wildman–Crippen MR) is 115 cm³/mol. The van der Waals surface area contributed by atoms with Crippen LogP contribution in [0.25, 0.3) is 0 Å². The SMILES string of the molecule is CCCCCCCCCCCC1(O)CC2CCC(C1)N2Cc1ccccc1. The first kappa shape index (κ1) is 20.9. The van der Waals surface area contributed by atoms with E-state index in [1.807, 2.05) is 0 Å². The average Bonchev–Trinajstić information content (AvgIpc) is 2.92. The van der Waals surface area contributed by atoms with Gasteiger partial charge in [-0.2, -0.15) is 0 Å². The van der Waals surface area contributed by atoms with Gasteiger partial charge in [0.05, 0.1) is 5.60 Å². The molecule has 2 heterocycles. The maximum atomic E-state index is 11.2. The van der Waals surface area contributed by atoms with Crippen molar-refractivity contribution in [3.63, 3.8) is 0 Å². The molecule has 2 atom stereocenters. The number of nitrogens with zero attached hydrogens (tertiary/aromatic N) is 1. The molecule has 2 heteroatoms. The Morgan fingerprint density at radius 2 is 1.41 bits per heavy atom. The van der Waals surface area contributed by atoms with Crippen molar-refractivity contribution in [2.75, 3.05) is 0 Å². The maximum absolute atomic E-state index is 11.2. The summed E-state index contributed by atoms with van der Waals surface area (Å²) in [6.07, 6.45) is 17.8. The quantitative estimate of drug-likeness (QED) is 0.426. The van der Waals surface area contributed by atoms with E-state index in [-0.39, 0.29) is 5.60 Å². The Morgan fingerprint density at radius 1 is 0.852 bits per heavy atom. The van der Waals surface area contributed by atoms with Gasteiger partial charge in [0.2, 0.25) is 0 Å². The number of piperidine rings is 1. The highest BCUT2D eigenvalue weighted by Gasteiger charge is 2.46. The van der Waals surface area contributed by atoms with Gasteiger partial charge >= 0.3 is 0 Å². The number of hydrogen-bond acceptors (Lipinski definition) is 2. The Morgan fingerprint density at radius 3 is 2.00 bits per heavy atom. The van der Waals surface area contributed by atoms with Gasteiger partial charge in [-0.15, -0.1) is 0 Å². The number of rotatable bonds is 12. The van der Waals surface area contributed by atoms with Crippen LogP contribution in [0.5, 0.6) is 0 Å². The molecular formula is C25H41NO. The van der Waals surface area contributed by atoms with Crippen LogP contribution in [0.4, 0.5) is 0 Å². The van der Waals surface area contributed by atoms with Gasteiger partial charge in [0, 0.05) is 18.6 Å². The van der Waals surface area contributed by atoms with Gasteiger partial charge in [-0.3, -0.25) is 4.90 Å². The van der Waals surface area contributed by atoms with E-state index in [1.54, 1.807) is 0 Å². The molecule has 1 N–H and O–H groups in total. The number of benzene rings is 1. The van der Waals surface area contributed by atoms with Crippen LogP contribution in [-0.4, -0.2) is 27.7 Å². The van der Waals surface area contributed by atoms with Crippen LogP contribution in [0.2, 0.25) is 0 Å². The first-order chi connectivity index (χ1) is 13.2. The number of aliphatic hydroxyl groups is 1. The summed E-state index contributed by atoms with van der Waals surface area (Å²) in [5.41, 5.74) is 1.03. The van der Waals surface area contributed by atoms with Crippen LogP contribution in [-0.2, 0) is 6.54 Å². The van der Waals surface area contributed by atoms with Gasteiger partial charge in [-0.25, -0.2) is 0 Å². The van der Waals surface area contributed by atoms with Gasteiger partial charge in [-0.05, 0) is 37.7 Å². The van der Waals surface area contributed by atoms with Crippen molar-refractivity contribution in [2.24, 2.45) is 0 Å². The molecule has 2 fully saturated rings. The molecule has 0 aromatic heterocycles. The van der Waals surface area contributed by atoms with E-state index < -0.39 is 0 Å². The molecule has 0 saturated carbocycles.